The Labute approximate surface area is 188 Å². The second-order valence-electron chi connectivity index (χ2n) is 8.23. The minimum Gasteiger partial charge on any atom is -0.363 e. The Morgan fingerprint density at radius 2 is 1.87 bits per heavy atom. The quantitative estimate of drug-likeness (QED) is 0.571. The molecule has 1 aliphatic heterocycles. The van der Waals surface area contributed by atoms with Gasteiger partial charge < -0.3 is 10.2 Å². The number of nitrogens with zero attached hydrogens (tertiary/aromatic N) is 3. The van der Waals surface area contributed by atoms with E-state index in [4.69, 9.17) is 23.2 Å². The number of amides is 1. The molecule has 10 heteroatoms. The maximum absolute atomic E-state index is 13.9. The van der Waals surface area contributed by atoms with Gasteiger partial charge in [0.25, 0.3) is 5.91 Å². The predicted molar refractivity (Wildman–Crippen MR) is 114 cm³/mol. The minimum absolute atomic E-state index is 0.0135. The van der Waals surface area contributed by atoms with Crippen LogP contribution in [0, 0.1) is 0 Å². The summed E-state index contributed by atoms with van der Waals surface area (Å²) in [5, 5.41) is 7.76. The van der Waals surface area contributed by atoms with Crippen molar-refractivity contribution in [3.63, 3.8) is 0 Å². The topological polar surface area (TPSA) is 50.2 Å². The van der Waals surface area contributed by atoms with Crippen LogP contribution in [0.2, 0.25) is 10.0 Å². The van der Waals surface area contributed by atoms with Gasteiger partial charge in [-0.2, -0.15) is 18.3 Å². The number of hydrogen-bond acceptors (Lipinski definition) is 3. The van der Waals surface area contributed by atoms with Crippen LogP contribution in [-0.2, 0) is 0 Å². The predicted octanol–water partition coefficient (Wildman–Crippen LogP) is 6.25. The molecule has 1 aromatic carbocycles. The second-order valence-corrected chi connectivity index (χ2v) is 9.05. The molecule has 4 rings (SSSR count). The Kier molecular flexibility index (Phi) is 6.14. The number of carbonyl (C=O) groups is 1. The number of anilines is 1. The molecule has 0 bridgehead atoms. The number of alkyl halides is 3. The van der Waals surface area contributed by atoms with E-state index in [1.807, 2.05) is 0 Å². The fourth-order valence-corrected chi connectivity index (χ4v) is 4.75. The van der Waals surface area contributed by atoms with E-state index >= 15 is 0 Å². The molecule has 0 saturated heterocycles. The normalized spacial score (nSPS) is 22.0. The maximum atomic E-state index is 13.9. The van der Waals surface area contributed by atoms with Crippen LogP contribution in [0.15, 0.2) is 24.3 Å². The Bertz CT molecular complexity index is 972. The van der Waals surface area contributed by atoms with Crippen molar-refractivity contribution >= 4 is 34.9 Å². The largest absolute Gasteiger partial charge is 0.410 e. The molecule has 1 N–H and O–H groups in total. The SMILES string of the molecule is CN(C(=O)c1cc2n(n1)[C@H](C(F)(F)F)C[C@H](c1ccc(Cl)c(Cl)c1)N2)C1CCCCC1. The molecule has 2 aliphatic rings. The highest BCUT2D eigenvalue weighted by atomic mass is 35.5. The third kappa shape index (κ3) is 4.51. The summed E-state index contributed by atoms with van der Waals surface area (Å²) < 4.78 is 42.5. The van der Waals surface area contributed by atoms with Crippen LogP contribution in [0.5, 0.6) is 0 Å². The highest BCUT2D eigenvalue weighted by Gasteiger charge is 2.47. The number of nitrogens with one attached hydrogen (secondary N) is 1. The van der Waals surface area contributed by atoms with Crippen molar-refractivity contribution in [1.82, 2.24) is 14.7 Å². The molecule has 31 heavy (non-hydrogen) atoms. The first-order valence-electron chi connectivity index (χ1n) is 10.3. The van der Waals surface area contributed by atoms with Crippen LogP contribution >= 0.6 is 23.2 Å². The van der Waals surface area contributed by atoms with Crippen LogP contribution in [0.3, 0.4) is 0 Å². The van der Waals surface area contributed by atoms with E-state index in [1.54, 1.807) is 30.1 Å². The molecule has 168 valence electrons. The lowest BCUT2D eigenvalue weighted by atomic mass is 9.94. The van der Waals surface area contributed by atoms with Crippen molar-refractivity contribution in [3.8, 4) is 0 Å². The average Bonchev–Trinajstić information content (AvgIpc) is 3.18. The molecule has 1 aliphatic carbocycles. The second kappa shape index (κ2) is 8.54. The van der Waals surface area contributed by atoms with Gasteiger partial charge in [0.05, 0.1) is 16.1 Å². The number of aromatic nitrogens is 2. The first kappa shape index (κ1) is 22.3. The van der Waals surface area contributed by atoms with Gasteiger partial charge in [0.2, 0.25) is 0 Å². The third-order valence-corrected chi connectivity index (χ3v) is 6.94. The van der Waals surface area contributed by atoms with Crippen LogP contribution < -0.4 is 5.32 Å². The van der Waals surface area contributed by atoms with E-state index in [9.17, 15) is 18.0 Å². The van der Waals surface area contributed by atoms with Gasteiger partial charge in [-0.05, 0) is 30.5 Å². The van der Waals surface area contributed by atoms with Crippen molar-refractivity contribution in [1.29, 1.82) is 0 Å². The molecular formula is C21H23Cl2F3N4O. The van der Waals surface area contributed by atoms with Gasteiger partial charge in [0.1, 0.15) is 5.82 Å². The third-order valence-electron chi connectivity index (χ3n) is 6.20. The van der Waals surface area contributed by atoms with Crippen LogP contribution in [0.25, 0.3) is 0 Å². The van der Waals surface area contributed by atoms with Crippen molar-refractivity contribution in [2.45, 2.75) is 62.8 Å². The zero-order valence-electron chi connectivity index (χ0n) is 16.9. The molecule has 1 fully saturated rings. The van der Waals surface area contributed by atoms with Gasteiger partial charge >= 0.3 is 6.18 Å². The van der Waals surface area contributed by atoms with E-state index in [-0.39, 0.29) is 34.9 Å². The zero-order chi connectivity index (χ0) is 22.3. The van der Waals surface area contributed by atoms with Crippen LogP contribution in [0.1, 0.15) is 66.7 Å². The van der Waals surface area contributed by atoms with E-state index < -0.39 is 18.3 Å². The van der Waals surface area contributed by atoms with Gasteiger partial charge in [-0.3, -0.25) is 4.79 Å². The minimum atomic E-state index is -4.52. The fraction of sp³-hybridized carbons (Fsp3) is 0.524. The number of fused-ring (bicyclic) bond motifs is 1. The summed E-state index contributed by atoms with van der Waals surface area (Å²) in [7, 11) is 1.70. The molecule has 2 aromatic rings. The molecule has 0 spiro atoms. The fourth-order valence-electron chi connectivity index (χ4n) is 4.44. The summed E-state index contributed by atoms with van der Waals surface area (Å²) in [4.78, 5) is 14.6. The van der Waals surface area contributed by atoms with Gasteiger partial charge in [0.15, 0.2) is 11.7 Å². The summed E-state index contributed by atoms with van der Waals surface area (Å²) in [5.41, 5.74) is 0.600. The van der Waals surface area contributed by atoms with Gasteiger partial charge in [-0.15, -0.1) is 0 Å². The highest BCUT2D eigenvalue weighted by molar-refractivity contribution is 6.42. The first-order chi connectivity index (χ1) is 14.6. The molecule has 2 heterocycles. The molecule has 0 unspecified atom stereocenters. The lowest BCUT2D eigenvalue weighted by molar-refractivity contribution is -0.173. The van der Waals surface area contributed by atoms with Crippen molar-refractivity contribution in [3.05, 3.63) is 45.6 Å². The van der Waals surface area contributed by atoms with Gasteiger partial charge in [-0.1, -0.05) is 48.5 Å². The molecule has 2 atom stereocenters. The first-order valence-corrected chi connectivity index (χ1v) is 11.1. The number of hydrogen-bond donors (Lipinski definition) is 1. The summed E-state index contributed by atoms with van der Waals surface area (Å²) in [6.45, 7) is 0. The smallest absolute Gasteiger partial charge is 0.363 e. The lowest BCUT2D eigenvalue weighted by Crippen LogP contribution is -2.38. The number of rotatable bonds is 3. The van der Waals surface area contributed by atoms with Crippen molar-refractivity contribution < 1.29 is 18.0 Å². The monoisotopic (exact) mass is 474 g/mol. The Morgan fingerprint density at radius 1 is 1.16 bits per heavy atom. The highest BCUT2D eigenvalue weighted by Crippen LogP contribution is 2.44. The van der Waals surface area contributed by atoms with Gasteiger partial charge in [0, 0.05) is 25.6 Å². The summed E-state index contributed by atoms with van der Waals surface area (Å²) in [6, 6.07) is 3.76. The van der Waals surface area contributed by atoms with Crippen LogP contribution in [0.4, 0.5) is 19.0 Å². The number of halogens is 5. The number of carbonyl (C=O) groups excluding carboxylic acids is 1. The lowest BCUT2D eigenvalue weighted by Gasteiger charge is -2.33. The van der Waals surface area contributed by atoms with E-state index in [0.717, 1.165) is 36.8 Å². The van der Waals surface area contributed by atoms with Crippen molar-refractivity contribution in [2.24, 2.45) is 0 Å². The van der Waals surface area contributed by atoms with E-state index in [0.29, 0.717) is 10.6 Å². The molecular weight excluding hydrogens is 452 g/mol. The Hall–Kier alpha value is -1.93. The number of benzene rings is 1. The zero-order valence-corrected chi connectivity index (χ0v) is 18.4. The Morgan fingerprint density at radius 3 is 2.52 bits per heavy atom. The molecule has 5 nitrogen and oxygen atoms in total. The average molecular weight is 475 g/mol. The van der Waals surface area contributed by atoms with Gasteiger partial charge in [-0.25, -0.2) is 4.68 Å². The van der Waals surface area contributed by atoms with Crippen LogP contribution in [-0.4, -0.2) is 39.9 Å². The van der Waals surface area contributed by atoms with E-state index in [2.05, 4.69) is 10.4 Å². The summed E-state index contributed by atoms with van der Waals surface area (Å²) >= 11 is 12.0. The molecule has 0 radical (unpaired) electrons. The molecule has 1 aromatic heterocycles. The van der Waals surface area contributed by atoms with Crippen molar-refractivity contribution in [2.75, 3.05) is 12.4 Å². The van der Waals surface area contributed by atoms with E-state index in [1.165, 1.54) is 6.07 Å². The summed E-state index contributed by atoms with van der Waals surface area (Å²) in [5.74, 6) is -0.201. The maximum Gasteiger partial charge on any atom is 0.410 e. The standard InChI is InChI=1S/C21H23Cl2F3N4O/c1-29(13-5-3-2-4-6-13)20(31)17-11-19-27-16(12-7-8-14(22)15(23)9-12)10-18(21(24,25)26)30(19)28-17/h7-9,11,13,16,18,27H,2-6,10H2,1H3/t16-,18+/m1/s1. The summed E-state index contributed by atoms with van der Waals surface area (Å²) in [6.07, 6.45) is 0.243. The molecule has 1 amide bonds. The molecule has 1 saturated carbocycles. The Balaban J connectivity index is 1.64.